The van der Waals surface area contributed by atoms with E-state index in [2.05, 4.69) is 28.7 Å². The third-order valence-electron chi connectivity index (χ3n) is 2.89. The third kappa shape index (κ3) is 2.24. The summed E-state index contributed by atoms with van der Waals surface area (Å²) < 4.78 is 5.64. The number of hydrogen-bond donors (Lipinski definition) is 1. The lowest BCUT2D eigenvalue weighted by Gasteiger charge is -2.38. The van der Waals surface area contributed by atoms with E-state index in [1.165, 1.54) is 0 Å². The number of ether oxygens (including phenoxy) is 1. The van der Waals surface area contributed by atoms with Crippen LogP contribution in [0.25, 0.3) is 0 Å². The fourth-order valence-electron chi connectivity index (χ4n) is 1.94. The number of aromatic nitrogens is 2. The zero-order chi connectivity index (χ0) is 11.5. The molecule has 1 aromatic heterocycles. The smallest absolute Gasteiger partial charge is 0.147 e. The molecule has 1 fully saturated rings. The van der Waals surface area contributed by atoms with Gasteiger partial charge in [-0.25, -0.2) is 9.97 Å². The van der Waals surface area contributed by atoms with Gasteiger partial charge in [-0.3, -0.25) is 0 Å². The molecule has 2 rings (SSSR count). The van der Waals surface area contributed by atoms with Crippen LogP contribution in [0.5, 0.6) is 0 Å². The van der Waals surface area contributed by atoms with Gasteiger partial charge in [0.25, 0.3) is 0 Å². The van der Waals surface area contributed by atoms with Crippen molar-refractivity contribution in [1.82, 2.24) is 9.97 Å². The van der Waals surface area contributed by atoms with Gasteiger partial charge in [0.1, 0.15) is 11.6 Å². The van der Waals surface area contributed by atoms with Crippen LogP contribution in [0.15, 0.2) is 12.4 Å². The van der Waals surface area contributed by atoms with Crippen LogP contribution in [0.4, 0.5) is 11.6 Å². The highest BCUT2D eigenvalue weighted by atomic mass is 16.5. The number of nitrogens with two attached hydrogens (primary N) is 1. The predicted octanol–water partition coefficient (Wildman–Crippen LogP) is 1.06. The normalized spacial score (nSPS) is 25.8. The fourth-order valence-corrected chi connectivity index (χ4v) is 1.94. The SMILES string of the molecule is CCC1COC(C)CN1c1cnc(N)cn1. The van der Waals surface area contributed by atoms with Gasteiger partial charge in [0.05, 0.1) is 31.1 Å². The van der Waals surface area contributed by atoms with Crippen LogP contribution in [0.1, 0.15) is 20.3 Å². The summed E-state index contributed by atoms with van der Waals surface area (Å²) in [5.41, 5.74) is 5.53. The second-order valence-electron chi connectivity index (χ2n) is 4.16. The van der Waals surface area contributed by atoms with Crippen molar-refractivity contribution in [2.45, 2.75) is 32.4 Å². The predicted molar refractivity (Wildman–Crippen MR) is 63.3 cm³/mol. The lowest BCUT2D eigenvalue weighted by atomic mass is 10.1. The Labute approximate surface area is 95.6 Å². The first-order chi connectivity index (χ1) is 7.70. The van der Waals surface area contributed by atoms with E-state index < -0.39 is 0 Å². The van der Waals surface area contributed by atoms with Gasteiger partial charge in [0.2, 0.25) is 0 Å². The maximum absolute atomic E-state index is 5.64. The van der Waals surface area contributed by atoms with E-state index in [0.29, 0.717) is 11.9 Å². The molecule has 0 aromatic carbocycles. The summed E-state index contributed by atoms with van der Waals surface area (Å²) in [7, 11) is 0. The van der Waals surface area contributed by atoms with Crippen molar-refractivity contribution >= 4 is 11.6 Å². The van der Waals surface area contributed by atoms with Gasteiger partial charge in [0, 0.05) is 6.54 Å². The van der Waals surface area contributed by atoms with Crippen molar-refractivity contribution < 1.29 is 4.74 Å². The Balaban J connectivity index is 2.18. The molecule has 1 aliphatic heterocycles. The molecule has 2 N–H and O–H groups in total. The van der Waals surface area contributed by atoms with Crippen LogP contribution >= 0.6 is 0 Å². The standard InChI is InChI=1S/C11H18N4O/c1-3-9-7-16-8(2)6-15(9)11-5-13-10(12)4-14-11/h4-5,8-9H,3,6-7H2,1-2H3,(H2,12,13). The van der Waals surface area contributed by atoms with E-state index in [0.717, 1.165) is 25.4 Å². The summed E-state index contributed by atoms with van der Waals surface area (Å²) in [5, 5.41) is 0. The first-order valence-electron chi connectivity index (χ1n) is 5.66. The van der Waals surface area contributed by atoms with Crippen LogP contribution in [0.3, 0.4) is 0 Å². The monoisotopic (exact) mass is 222 g/mol. The number of rotatable bonds is 2. The largest absolute Gasteiger partial charge is 0.382 e. The molecular weight excluding hydrogens is 204 g/mol. The summed E-state index contributed by atoms with van der Waals surface area (Å²) in [4.78, 5) is 10.6. The summed E-state index contributed by atoms with van der Waals surface area (Å²) in [5.74, 6) is 1.34. The summed E-state index contributed by atoms with van der Waals surface area (Å²) >= 11 is 0. The lowest BCUT2D eigenvalue weighted by molar-refractivity contribution is 0.0296. The van der Waals surface area contributed by atoms with Gasteiger partial charge in [-0.2, -0.15) is 0 Å². The van der Waals surface area contributed by atoms with Crippen LogP contribution < -0.4 is 10.6 Å². The molecule has 0 amide bonds. The molecule has 2 unspecified atom stereocenters. The minimum atomic E-state index is 0.238. The maximum atomic E-state index is 5.64. The Morgan fingerprint density at radius 1 is 1.50 bits per heavy atom. The fraction of sp³-hybridized carbons (Fsp3) is 0.636. The molecule has 0 spiro atoms. The van der Waals surface area contributed by atoms with Gasteiger partial charge in [-0.15, -0.1) is 0 Å². The van der Waals surface area contributed by atoms with Crippen LogP contribution in [-0.2, 0) is 4.74 Å². The first-order valence-corrected chi connectivity index (χ1v) is 5.66. The van der Waals surface area contributed by atoms with E-state index in [-0.39, 0.29) is 6.10 Å². The Hall–Kier alpha value is -1.36. The number of nitrogen functional groups attached to an aromatic ring is 1. The third-order valence-corrected chi connectivity index (χ3v) is 2.89. The van der Waals surface area contributed by atoms with E-state index in [4.69, 9.17) is 10.5 Å². The molecule has 2 heterocycles. The van der Waals surface area contributed by atoms with Crippen molar-refractivity contribution in [3.63, 3.8) is 0 Å². The molecule has 1 aliphatic rings. The van der Waals surface area contributed by atoms with E-state index in [9.17, 15) is 0 Å². The Bertz CT molecular complexity index is 340. The molecule has 0 radical (unpaired) electrons. The maximum Gasteiger partial charge on any atom is 0.147 e. The lowest BCUT2D eigenvalue weighted by Crippen LogP contribution is -2.49. The van der Waals surface area contributed by atoms with Gasteiger partial charge in [-0.1, -0.05) is 6.92 Å². The molecule has 1 aromatic rings. The van der Waals surface area contributed by atoms with Crippen LogP contribution in [-0.4, -0.2) is 35.3 Å². The quantitative estimate of drug-likeness (QED) is 0.810. The highest BCUT2D eigenvalue weighted by Gasteiger charge is 2.26. The van der Waals surface area contributed by atoms with E-state index in [1.54, 1.807) is 12.4 Å². The summed E-state index contributed by atoms with van der Waals surface area (Å²) in [6, 6.07) is 0.383. The van der Waals surface area contributed by atoms with Gasteiger partial charge < -0.3 is 15.4 Å². The van der Waals surface area contributed by atoms with Crippen LogP contribution in [0.2, 0.25) is 0 Å². The molecule has 2 atom stereocenters. The number of hydrogen-bond acceptors (Lipinski definition) is 5. The van der Waals surface area contributed by atoms with Crippen molar-refractivity contribution in [2.75, 3.05) is 23.8 Å². The van der Waals surface area contributed by atoms with Crippen molar-refractivity contribution in [3.8, 4) is 0 Å². The van der Waals surface area contributed by atoms with E-state index in [1.807, 2.05) is 0 Å². The minimum Gasteiger partial charge on any atom is -0.382 e. The average molecular weight is 222 g/mol. The Morgan fingerprint density at radius 2 is 2.31 bits per heavy atom. The van der Waals surface area contributed by atoms with Gasteiger partial charge in [-0.05, 0) is 13.3 Å². The van der Waals surface area contributed by atoms with E-state index >= 15 is 0 Å². The highest BCUT2D eigenvalue weighted by molar-refractivity contribution is 5.41. The second kappa shape index (κ2) is 4.65. The molecule has 16 heavy (non-hydrogen) atoms. The molecule has 0 saturated carbocycles. The zero-order valence-corrected chi connectivity index (χ0v) is 9.76. The van der Waals surface area contributed by atoms with Crippen molar-refractivity contribution in [1.29, 1.82) is 0 Å². The Kier molecular flexibility index (Phi) is 3.24. The molecule has 88 valence electrons. The highest BCUT2D eigenvalue weighted by Crippen LogP contribution is 2.20. The number of morpholine rings is 1. The molecule has 0 bridgehead atoms. The molecule has 5 heteroatoms. The minimum absolute atomic E-state index is 0.238. The average Bonchev–Trinajstić information content (AvgIpc) is 2.30. The first kappa shape index (κ1) is 11.1. The van der Waals surface area contributed by atoms with Crippen molar-refractivity contribution in [2.24, 2.45) is 0 Å². The topological polar surface area (TPSA) is 64.3 Å². The second-order valence-corrected chi connectivity index (χ2v) is 4.16. The molecule has 0 aliphatic carbocycles. The van der Waals surface area contributed by atoms with Crippen molar-refractivity contribution in [3.05, 3.63) is 12.4 Å². The molecular formula is C11H18N4O. The van der Waals surface area contributed by atoms with Gasteiger partial charge >= 0.3 is 0 Å². The zero-order valence-electron chi connectivity index (χ0n) is 9.76. The number of nitrogens with zero attached hydrogens (tertiary/aromatic N) is 3. The summed E-state index contributed by atoms with van der Waals surface area (Å²) in [6.07, 6.45) is 4.61. The molecule has 5 nitrogen and oxygen atoms in total. The number of anilines is 2. The van der Waals surface area contributed by atoms with Gasteiger partial charge in [0.15, 0.2) is 0 Å². The Morgan fingerprint density at radius 3 is 2.94 bits per heavy atom. The summed E-state index contributed by atoms with van der Waals surface area (Å²) in [6.45, 7) is 5.84. The molecule has 1 saturated heterocycles. The van der Waals surface area contributed by atoms with Crippen LogP contribution in [0, 0.1) is 0 Å².